The Kier molecular flexibility index (Phi) is 4.54. The van der Waals surface area contributed by atoms with Crippen molar-refractivity contribution in [1.82, 2.24) is 9.78 Å². The van der Waals surface area contributed by atoms with Crippen LogP contribution in [0.4, 0.5) is 5.69 Å². The van der Waals surface area contributed by atoms with Gasteiger partial charge in [-0.05, 0) is 65.9 Å². The molecule has 0 amide bonds. The SMILES string of the molecule is Cc1[nH]n(-c2ccccc2)c(=S)c1C=Nc1ccc(I)cc1. The second-order valence-corrected chi connectivity index (χ2v) is 6.49. The number of aromatic amines is 1. The van der Waals surface area contributed by atoms with Crippen LogP contribution in [0, 0.1) is 15.1 Å². The Morgan fingerprint density at radius 1 is 1.09 bits per heavy atom. The zero-order chi connectivity index (χ0) is 15.5. The van der Waals surface area contributed by atoms with Crippen molar-refractivity contribution in [3.63, 3.8) is 0 Å². The fourth-order valence-electron chi connectivity index (χ4n) is 2.14. The fourth-order valence-corrected chi connectivity index (χ4v) is 2.85. The molecule has 0 bridgehead atoms. The number of benzene rings is 2. The molecule has 0 aliphatic rings. The minimum atomic E-state index is 0.734. The molecule has 0 unspecified atom stereocenters. The number of para-hydroxylation sites is 1. The Hall–Kier alpha value is -1.73. The molecule has 110 valence electrons. The van der Waals surface area contributed by atoms with Crippen LogP contribution < -0.4 is 0 Å². The second kappa shape index (κ2) is 6.58. The smallest absolute Gasteiger partial charge is 0.136 e. The highest BCUT2D eigenvalue weighted by Crippen LogP contribution is 2.17. The van der Waals surface area contributed by atoms with Crippen LogP contribution in [0.15, 0.2) is 59.6 Å². The summed E-state index contributed by atoms with van der Waals surface area (Å²) in [7, 11) is 0. The number of hydrogen-bond acceptors (Lipinski definition) is 2. The van der Waals surface area contributed by atoms with Gasteiger partial charge in [-0.2, -0.15) is 0 Å². The summed E-state index contributed by atoms with van der Waals surface area (Å²) >= 11 is 7.85. The van der Waals surface area contributed by atoms with Gasteiger partial charge in [0.1, 0.15) is 4.64 Å². The number of nitrogens with zero attached hydrogens (tertiary/aromatic N) is 2. The first kappa shape index (κ1) is 15.2. The summed E-state index contributed by atoms with van der Waals surface area (Å²) in [5, 5.41) is 3.29. The van der Waals surface area contributed by atoms with Gasteiger partial charge < -0.3 is 0 Å². The molecule has 0 aliphatic heterocycles. The molecule has 0 aliphatic carbocycles. The standard InChI is InChI=1S/C17H14IN3S/c1-12-16(11-19-14-9-7-13(18)8-10-14)17(22)21(20-12)15-5-3-2-4-6-15/h2-11,20H,1H3. The molecule has 0 spiro atoms. The first-order valence-corrected chi connectivity index (χ1v) is 8.30. The van der Waals surface area contributed by atoms with Gasteiger partial charge in [0.2, 0.25) is 0 Å². The van der Waals surface area contributed by atoms with Crippen molar-refractivity contribution in [2.75, 3.05) is 0 Å². The van der Waals surface area contributed by atoms with Gasteiger partial charge in [-0.25, -0.2) is 4.68 Å². The van der Waals surface area contributed by atoms with Gasteiger partial charge in [-0.1, -0.05) is 30.4 Å². The van der Waals surface area contributed by atoms with E-state index in [2.05, 4.69) is 32.7 Å². The molecule has 1 aromatic heterocycles. The van der Waals surface area contributed by atoms with Gasteiger partial charge in [-0.3, -0.25) is 10.1 Å². The number of rotatable bonds is 3. The van der Waals surface area contributed by atoms with E-state index in [0.29, 0.717) is 0 Å². The lowest BCUT2D eigenvalue weighted by atomic mass is 10.3. The Bertz CT molecular complexity index is 861. The monoisotopic (exact) mass is 419 g/mol. The van der Waals surface area contributed by atoms with Crippen LogP contribution in [0.2, 0.25) is 0 Å². The average Bonchev–Trinajstić information content (AvgIpc) is 2.82. The summed E-state index contributed by atoms with van der Waals surface area (Å²) in [4.78, 5) is 4.52. The van der Waals surface area contributed by atoms with E-state index in [4.69, 9.17) is 12.2 Å². The average molecular weight is 419 g/mol. The summed E-state index contributed by atoms with van der Waals surface area (Å²) in [5.74, 6) is 0. The third-order valence-electron chi connectivity index (χ3n) is 3.30. The Labute approximate surface area is 147 Å². The number of aliphatic imine (C=N–C) groups is 1. The van der Waals surface area contributed by atoms with Crippen LogP contribution in [0.5, 0.6) is 0 Å². The molecule has 0 atom stereocenters. The first-order valence-electron chi connectivity index (χ1n) is 6.82. The fraction of sp³-hybridized carbons (Fsp3) is 0.0588. The topological polar surface area (TPSA) is 33.1 Å². The van der Waals surface area contributed by atoms with E-state index >= 15 is 0 Å². The largest absolute Gasteiger partial charge is 0.297 e. The molecule has 3 rings (SSSR count). The van der Waals surface area contributed by atoms with E-state index in [0.717, 1.165) is 27.3 Å². The lowest BCUT2D eigenvalue weighted by Gasteiger charge is -2.01. The normalized spacial score (nSPS) is 11.2. The van der Waals surface area contributed by atoms with Gasteiger partial charge >= 0.3 is 0 Å². The molecule has 2 aromatic carbocycles. The van der Waals surface area contributed by atoms with E-state index in [1.54, 1.807) is 0 Å². The van der Waals surface area contributed by atoms with Crippen LogP contribution in [0.25, 0.3) is 5.69 Å². The molecule has 1 N–H and O–H groups in total. The van der Waals surface area contributed by atoms with Crippen molar-refractivity contribution in [3.05, 3.63) is 74.1 Å². The molecular weight excluding hydrogens is 405 g/mol. The third-order valence-corrected chi connectivity index (χ3v) is 4.42. The van der Waals surface area contributed by atoms with Gasteiger partial charge in [0.15, 0.2) is 0 Å². The molecule has 0 radical (unpaired) electrons. The van der Waals surface area contributed by atoms with Gasteiger partial charge in [0.05, 0.1) is 16.9 Å². The van der Waals surface area contributed by atoms with Crippen molar-refractivity contribution >= 4 is 46.7 Å². The summed E-state index contributed by atoms with van der Waals surface area (Å²) in [6, 6.07) is 18.1. The molecule has 3 nitrogen and oxygen atoms in total. The van der Waals surface area contributed by atoms with E-state index in [1.807, 2.05) is 72.4 Å². The number of aromatic nitrogens is 2. The zero-order valence-corrected chi connectivity index (χ0v) is 14.9. The molecule has 22 heavy (non-hydrogen) atoms. The zero-order valence-electron chi connectivity index (χ0n) is 12.0. The maximum Gasteiger partial charge on any atom is 0.136 e. The van der Waals surface area contributed by atoms with Crippen LogP contribution in [-0.4, -0.2) is 16.0 Å². The number of nitrogens with one attached hydrogen (secondary N) is 1. The number of H-pyrrole nitrogens is 1. The van der Waals surface area contributed by atoms with Crippen LogP contribution >= 0.6 is 34.8 Å². The predicted octanol–water partition coefficient (Wildman–Crippen LogP) is 5.20. The van der Waals surface area contributed by atoms with Crippen molar-refractivity contribution in [3.8, 4) is 5.69 Å². The summed E-state index contributed by atoms with van der Waals surface area (Å²) in [6.07, 6.45) is 1.83. The highest BCUT2D eigenvalue weighted by molar-refractivity contribution is 14.1. The lowest BCUT2D eigenvalue weighted by molar-refractivity contribution is 0.853. The maximum atomic E-state index is 5.57. The third kappa shape index (κ3) is 3.20. The molecule has 3 aromatic rings. The molecular formula is C17H14IN3S. The molecule has 1 heterocycles. The molecule has 5 heteroatoms. The van der Waals surface area contributed by atoms with Gasteiger partial charge in [-0.15, -0.1) is 0 Å². The molecule has 0 fully saturated rings. The summed E-state index contributed by atoms with van der Waals surface area (Å²) in [6.45, 7) is 2.00. The van der Waals surface area contributed by atoms with Crippen molar-refractivity contribution in [2.24, 2.45) is 4.99 Å². The summed E-state index contributed by atoms with van der Waals surface area (Å²) in [5.41, 5.74) is 3.88. The van der Waals surface area contributed by atoms with Gasteiger partial charge in [0, 0.05) is 15.5 Å². The van der Waals surface area contributed by atoms with E-state index in [9.17, 15) is 0 Å². The van der Waals surface area contributed by atoms with Crippen LogP contribution in [0.3, 0.4) is 0 Å². The number of aryl methyl sites for hydroxylation is 1. The van der Waals surface area contributed by atoms with E-state index < -0.39 is 0 Å². The second-order valence-electron chi connectivity index (χ2n) is 4.86. The molecule has 0 saturated carbocycles. The first-order chi connectivity index (χ1) is 10.6. The van der Waals surface area contributed by atoms with Crippen molar-refractivity contribution in [2.45, 2.75) is 6.92 Å². The summed E-state index contributed by atoms with van der Waals surface area (Å²) < 4.78 is 3.83. The highest BCUT2D eigenvalue weighted by Gasteiger charge is 2.07. The van der Waals surface area contributed by atoms with E-state index in [-0.39, 0.29) is 0 Å². The minimum absolute atomic E-state index is 0.734. The van der Waals surface area contributed by atoms with Crippen molar-refractivity contribution in [1.29, 1.82) is 0 Å². The predicted molar refractivity (Wildman–Crippen MR) is 102 cm³/mol. The minimum Gasteiger partial charge on any atom is -0.297 e. The Balaban J connectivity index is 1.97. The quantitative estimate of drug-likeness (QED) is 0.354. The lowest BCUT2D eigenvalue weighted by Crippen LogP contribution is -1.95. The Morgan fingerprint density at radius 2 is 1.77 bits per heavy atom. The number of hydrogen-bond donors (Lipinski definition) is 1. The molecule has 0 saturated heterocycles. The Morgan fingerprint density at radius 3 is 2.45 bits per heavy atom. The van der Waals surface area contributed by atoms with Crippen LogP contribution in [0.1, 0.15) is 11.3 Å². The van der Waals surface area contributed by atoms with Crippen LogP contribution in [-0.2, 0) is 0 Å². The van der Waals surface area contributed by atoms with E-state index in [1.165, 1.54) is 3.57 Å². The number of halogens is 1. The highest BCUT2D eigenvalue weighted by atomic mass is 127. The van der Waals surface area contributed by atoms with Gasteiger partial charge in [0.25, 0.3) is 0 Å². The van der Waals surface area contributed by atoms with Crippen molar-refractivity contribution < 1.29 is 0 Å². The maximum absolute atomic E-state index is 5.57.